The van der Waals surface area contributed by atoms with Gasteiger partial charge in [0.05, 0.1) is 17.2 Å². The lowest BCUT2D eigenvalue weighted by Gasteiger charge is -2.15. The van der Waals surface area contributed by atoms with E-state index in [1.165, 1.54) is 11.3 Å². The van der Waals surface area contributed by atoms with Gasteiger partial charge in [-0.2, -0.15) is 10.4 Å². The maximum absolute atomic E-state index is 8.91. The van der Waals surface area contributed by atoms with Gasteiger partial charge in [0.15, 0.2) is 0 Å². The average Bonchev–Trinajstić information content (AvgIpc) is 2.50. The molecule has 0 spiro atoms. The fraction of sp³-hybridized carbons (Fsp3) is 0.692. The maximum Gasteiger partial charge on any atom is 0.0684 e. The van der Waals surface area contributed by atoms with Crippen LogP contribution >= 0.6 is 0 Å². The van der Waals surface area contributed by atoms with E-state index in [4.69, 9.17) is 5.26 Å². The summed E-state index contributed by atoms with van der Waals surface area (Å²) in [6, 6.07) is 2.31. The number of nitriles is 1. The Kier molecular flexibility index (Phi) is 4.30. The number of hydrogen-bond donors (Lipinski definition) is 1. The quantitative estimate of drug-likeness (QED) is 0.793. The molecule has 0 aliphatic heterocycles. The highest BCUT2D eigenvalue weighted by atomic mass is 15.3. The van der Waals surface area contributed by atoms with Crippen molar-refractivity contribution in [1.82, 2.24) is 15.1 Å². The predicted octanol–water partition coefficient (Wildman–Crippen LogP) is 2.07. The summed E-state index contributed by atoms with van der Waals surface area (Å²) in [4.78, 5) is 0. The molecule has 1 rings (SSSR count). The minimum atomic E-state index is -0.244. The van der Waals surface area contributed by atoms with E-state index in [2.05, 4.69) is 23.4 Å². The third-order valence-corrected chi connectivity index (χ3v) is 3.19. The highest BCUT2D eigenvalue weighted by molar-refractivity contribution is 5.23. The van der Waals surface area contributed by atoms with Gasteiger partial charge >= 0.3 is 0 Å². The first kappa shape index (κ1) is 13.7. The largest absolute Gasteiger partial charge is 0.312 e. The van der Waals surface area contributed by atoms with Crippen molar-refractivity contribution in [2.75, 3.05) is 6.54 Å². The Bertz CT molecular complexity index is 423. The lowest BCUT2D eigenvalue weighted by Crippen LogP contribution is -2.21. The third-order valence-electron chi connectivity index (χ3n) is 3.19. The van der Waals surface area contributed by atoms with Crippen molar-refractivity contribution in [1.29, 1.82) is 5.26 Å². The molecule has 1 aromatic rings. The maximum atomic E-state index is 8.91. The Morgan fingerprint density at radius 2 is 2.06 bits per heavy atom. The lowest BCUT2D eigenvalue weighted by atomic mass is 9.91. The SMILES string of the molecule is Cc1nn(C)c(C)c1CNCCC(C)(C)C#N. The second-order valence-electron chi connectivity index (χ2n) is 5.20. The Balaban J connectivity index is 2.45. The molecule has 0 saturated carbocycles. The molecule has 94 valence electrons. The summed E-state index contributed by atoms with van der Waals surface area (Å²) in [5, 5.41) is 16.7. The van der Waals surface area contributed by atoms with E-state index in [1.54, 1.807) is 0 Å². The van der Waals surface area contributed by atoms with Crippen LogP contribution in [0.5, 0.6) is 0 Å². The van der Waals surface area contributed by atoms with Crippen LogP contribution in [-0.2, 0) is 13.6 Å². The second-order valence-corrected chi connectivity index (χ2v) is 5.20. The van der Waals surface area contributed by atoms with Crippen LogP contribution < -0.4 is 5.32 Å². The first-order valence-electron chi connectivity index (χ1n) is 5.98. The highest BCUT2D eigenvalue weighted by Gasteiger charge is 2.16. The first-order valence-corrected chi connectivity index (χ1v) is 5.98. The van der Waals surface area contributed by atoms with Gasteiger partial charge in [-0.1, -0.05) is 0 Å². The van der Waals surface area contributed by atoms with Gasteiger partial charge in [-0.15, -0.1) is 0 Å². The molecular formula is C13H22N4. The zero-order valence-corrected chi connectivity index (χ0v) is 11.5. The van der Waals surface area contributed by atoms with Crippen molar-refractivity contribution >= 4 is 0 Å². The molecule has 17 heavy (non-hydrogen) atoms. The van der Waals surface area contributed by atoms with Crippen LogP contribution in [0, 0.1) is 30.6 Å². The number of rotatable bonds is 5. The molecule has 0 fully saturated rings. The summed E-state index contributed by atoms with van der Waals surface area (Å²) >= 11 is 0. The molecule has 0 radical (unpaired) electrons. The van der Waals surface area contributed by atoms with Crippen molar-refractivity contribution in [3.63, 3.8) is 0 Å². The number of aryl methyl sites for hydroxylation is 2. The molecule has 0 saturated heterocycles. The zero-order valence-electron chi connectivity index (χ0n) is 11.5. The van der Waals surface area contributed by atoms with Crippen LogP contribution in [0.2, 0.25) is 0 Å². The van der Waals surface area contributed by atoms with Crippen LogP contribution in [0.15, 0.2) is 0 Å². The molecule has 4 heteroatoms. The van der Waals surface area contributed by atoms with Crippen LogP contribution in [0.25, 0.3) is 0 Å². The Hall–Kier alpha value is -1.34. The van der Waals surface area contributed by atoms with Gasteiger partial charge in [-0.25, -0.2) is 0 Å². The smallest absolute Gasteiger partial charge is 0.0684 e. The van der Waals surface area contributed by atoms with Gasteiger partial charge in [0.2, 0.25) is 0 Å². The summed E-state index contributed by atoms with van der Waals surface area (Å²) in [5.41, 5.74) is 3.31. The lowest BCUT2D eigenvalue weighted by molar-refractivity contribution is 0.432. The minimum absolute atomic E-state index is 0.244. The van der Waals surface area contributed by atoms with Crippen molar-refractivity contribution in [3.05, 3.63) is 17.0 Å². The zero-order chi connectivity index (χ0) is 13.1. The molecule has 1 aromatic heterocycles. The van der Waals surface area contributed by atoms with Crippen molar-refractivity contribution in [2.45, 2.75) is 40.7 Å². The summed E-state index contributed by atoms with van der Waals surface area (Å²) in [6.07, 6.45) is 0.863. The van der Waals surface area contributed by atoms with Crippen molar-refractivity contribution in [3.8, 4) is 6.07 Å². The minimum Gasteiger partial charge on any atom is -0.312 e. The van der Waals surface area contributed by atoms with Gasteiger partial charge in [-0.3, -0.25) is 4.68 Å². The highest BCUT2D eigenvalue weighted by Crippen LogP contribution is 2.17. The van der Waals surface area contributed by atoms with Crippen LogP contribution in [0.4, 0.5) is 0 Å². The number of hydrogen-bond acceptors (Lipinski definition) is 3. The molecule has 1 heterocycles. The Labute approximate surface area is 104 Å². The molecule has 0 unspecified atom stereocenters. The van der Waals surface area contributed by atoms with E-state index in [-0.39, 0.29) is 5.41 Å². The number of nitrogens with one attached hydrogen (secondary N) is 1. The molecule has 1 N–H and O–H groups in total. The number of aromatic nitrogens is 2. The van der Waals surface area contributed by atoms with Gasteiger partial charge < -0.3 is 5.32 Å². The summed E-state index contributed by atoms with van der Waals surface area (Å²) in [7, 11) is 1.96. The third kappa shape index (κ3) is 3.57. The summed E-state index contributed by atoms with van der Waals surface area (Å²) in [6.45, 7) is 9.73. The van der Waals surface area contributed by atoms with E-state index in [0.29, 0.717) is 0 Å². The first-order chi connectivity index (χ1) is 7.87. The van der Waals surface area contributed by atoms with E-state index in [0.717, 1.165) is 25.2 Å². The normalized spacial score (nSPS) is 11.5. The van der Waals surface area contributed by atoms with E-state index < -0.39 is 0 Å². The number of nitrogens with zero attached hydrogens (tertiary/aromatic N) is 3. The van der Waals surface area contributed by atoms with Crippen LogP contribution in [-0.4, -0.2) is 16.3 Å². The van der Waals surface area contributed by atoms with Gasteiger partial charge in [0, 0.05) is 24.8 Å². The van der Waals surface area contributed by atoms with E-state index >= 15 is 0 Å². The predicted molar refractivity (Wildman–Crippen MR) is 68.4 cm³/mol. The van der Waals surface area contributed by atoms with Gasteiger partial charge in [-0.05, 0) is 40.7 Å². The van der Waals surface area contributed by atoms with Gasteiger partial charge in [0.1, 0.15) is 0 Å². The molecule has 0 bridgehead atoms. The topological polar surface area (TPSA) is 53.6 Å². The Morgan fingerprint density at radius 1 is 1.41 bits per heavy atom. The second kappa shape index (κ2) is 5.33. The molecular weight excluding hydrogens is 212 g/mol. The molecule has 4 nitrogen and oxygen atoms in total. The van der Waals surface area contributed by atoms with E-state index in [9.17, 15) is 0 Å². The van der Waals surface area contributed by atoms with Crippen molar-refractivity contribution < 1.29 is 0 Å². The molecule has 0 atom stereocenters. The fourth-order valence-electron chi connectivity index (χ4n) is 1.74. The Morgan fingerprint density at radius 3 is 2.53 bits per heavy atom. The molecule has 0 aliphatic carbocycles. The van der Waals surface area contributed by atoms with Crippen LogP contribution in [0.3, 0.4) is 0 Å². The average molecular weight is 234 g/mol. The monoisotopic (exact) mass is 234 g/mol. The fourth-order valence-corrected chi connectivity index (χ4v) is 1.74. The van der Waals surface area contributed by atoms with E-state index in [1.807, 2.05) is 32.5 Å². The van der Waals surface area contributed by atoms with Gasteiger partial charge in [0.25, 0.3) is 0 Å². The van der Waals surface area contributed by atoms with Crippen LogP contribution in [0.1, 0.15) is 37.2 Å². The standard InChI is InChI=1S/C13H22N4/c1-10-12(11(2)17(5)16-10)8-15-7-6-13(3,4)9-14/h15H,6-8H2,1-5H3. The molecule has 0 amide bonds. The summed E-state index contributed by atoms with van der Waals surface area (Å²) < 4.78 is 1.91. The molecule has 0 aliphatic rings. The summed E-state index contributed by atoms with van der Waals surface area (Å²) in [5.74, 6) is 0. The molecule has 0 aromatic carbocycles. The van der Waals surface area contributed by atoms with Crippen molar-refractivity contribution in [2.24, 2.45) is 12.5 Å².